The molecule has 0 saturated heterocycles. The van der Waals surface area contributed by atoms with E-state index in [0.717, 1.165) is 22.8 Å². The Hall–Kier alpha value is -3.21. The second-order valence-electron chi connectivity index (χ2n) is 7.17. The fourth-order valence-electron chi connectivity index (χ4n) is 3.62. The third-order valence-electron chi connectivity index (χ3n) is 4.99. The van der Waals surface area contributed by atoms with Crippen LogP contribution >= 0.6 is 0 Å². The van der Waals surface area contributed by atoms with Crippen molar-refractivity contribution in [1.82, 2.24) is 9.88 Å². The van der Waals surface area contributed by atoms with Gasteiger partial charge in [-0.2, -0.15) is 0 Å². The van der Waals surface area contributed by atoms with Crippen molar-refractivity contribution in [2.45, 2.75) is 26.9 Å². The Labute approximate surface area is 164 Å². The molecule has 28 heavy (non-hydrogen) atoms. The largest absolute Gasteiger partial charge is 0.486 e. The molecule has 144 valence electrons. The maximum atomic E-state index is 12.8. The summed E-state index contributed by atoms with van der Waals surface area (Å²) < 4.78 is 13.7. The van der Waals surface area contributed by atoms with Gasteiger partial charge in [0, 0.05) is 17.1 Å². The second-order valence-corrected chi connectivity index (χ2v) is 7.17. The van der Waals surface area contributed by atoms with Gasteiger partial charge in [0.1, 0.15) is 12.7 Å². The molecule has 5 heteroatoms. The average Bonchev–Trinajstić information content (AvgIpc) is 3.00. The number of para-hydroxylation sites is 2. The minimum Gasteiger partial charge on any atom is -0.486 e. The molecule has 0 radical (unpaired) electrons. The fraction of sp³-hybridized carbons (Fsp3) is 0.261. The lowest BCUT2D eigenvalue weighted by atomic mass is 10.2. The number of nitrogens with zero attached hydrogens (tertiary/aromatic N) is 1. The zero-order valence-electron chi connectivity index (χ0n) is 16.4. The number of rotatable bonds is 4. The molecule has 0 aliphatic carbocycles. The maximum absolute atomic E-state index is 12.8. The summed E-state index contributed by atoms with van der Waals surface area (Å²) >= 11 is 0. The topological polar surface area (TPSA) is 52.5 Å². The zero-order chi connectivity index (χ0) is 19.7. The van der Waals surface area contributed by atoms with E-state index in [0.29, 0.717) is 24.5 Å². The smallest absolute Gasteiger partial charge is 0.253 e. The molecule has 0 unspecified atom stereocenters. The van der Waals surface area contributed by atoms with Gasteiger partial charge in [-0.15, -0.1) is 0 Å². The molecule has 5 nitrogen and oxygen atoms in total. The summed E-state index contributed by atoms with van der Waals surface area (Å²) in [6, 6.07) is 17.8. The van der Waals surface area contributed by atoms with E-state index in [1.165, 1.54) is 5.56 Å². The number of aryl methyl sites for hydroxylation is 2. The highest BCUT2D eigenvalue weighted by Crippen LogP contribution is 2.30. The Balaban J connectivity index is 1.47. The number of amides is 1. The van der Waals surface area contributed by atoms with Crippen molar-refractivity contribution in [2.24, 2.45) is 0 Å². The third kappa shape index (κ3) is 3.48. The number of carbonyl (C=O) groups excluding carboxylic acids is 1. The molecule has 3 aromatic rings. The van der Waals surface area contributed by atoms with E-state index in [4.69, 9.17) is 9.47 Å². The molecule has 0 fully saturated rings. The molecule has 1 N–H and O–H groups in total. The lowest BCUT2D eigenvalue weighted by molar-refractivity contribution is 0.0789. The van der Waals surface area contributed by atoms with Gasteiger partial charge in [-0.1, -0.05) is 24.3 Å². The number of hydrogen-bond acceptors (Lipinski definition) is 3. The van der Waals surface area contributed by atoms with E-state index in [1.807, 2.05) is 50.2 Å². The predicted octanol–water partition coefficient (Wildman–Crippen LogP) is 3.97. The number of aromatic nitrogens is 1. The molecule has 4 rings (SSSR count). The minimum absolute atomic E-state index is 0.102. The van der Waals surface area contributed by atoms with Crippen molar-refractivity contribution < 1.29 is 14.3 Å². The number of fused-ring (bicyclic) bond motifs is 1. The zero-order valence-corrected chi connectivity index (χ0v) is 16.4. The molecule has 1 aliphatic heterocycles. The first-order valence-corrected chi connectivity index (χ1v) is 9.45. The molecular formula is C23H24N2O3. The monoisotopic (exact) mass is 376 g/mol. The Morgan fingerprint density at radius 3 is 2.64 bits per heavy atom. The highest BCUT2D eigenvalue weighted by Gasteiger charge is 2.22. The molecule has 0 saturated carbocycles. The van der Waals surface area contributed by atoms with Crippen LogP contribution < -0.4 is 14.8 Å². The highest BCUT2D eigenvalue weighted by atomic mass is 16.6. The first-order valence-electron chi connectivity index (χ1n) is 9.45. The van der Waals surface area contributed by atoms with Crippen molar-refractivity contribution in [3.05, 3.63) is 77.1 Å². The Morgan fingerprint density at radius 1 is 1.07 bits per heavy atom. The van der Waals surface area contributed by atoms with Gasteiger partial charge in [-0.3, -0.25) is 4.79 Å². The Morgan fingerprint density at radius 2 is 1.86 bits per heavy atom. The van der Waals surface area contributed by atoms with E-state index in [1.54, 1.807) is 0 Å². The van der Waals surface area contributed by atoms with Crippen LogP contribution in [0.25, 0.3) is 5.69 Å². The summed E-state index contributed by atoms with van der Waals surface area (Å²) in [5.41, 5.74) is 4.88. The Kier molecular flexibility index (Phi) is 4.82. The van der Waals surface area contributed by atoms with Gasteiger partial charge >= 0.3 is 0 Å². The van der Waals surface area contributed by atoms with Crippen LogP contribution in [0.4, 0.5) is 0 Å². The van der Waals surface area contributed by atoms with Gasteiger partial charge in [0.05, 0.1) is 12.1 Å². The molecule has 1 amide bonds. The number of carbonyl (C=O) groups is 1. The van der Waals surface area contributed by atoms with E-state index < -0.39 is 0 Å². The molecule has 0 bridgehead atoms. The molecular weight excluding hydrogens is 352 g/mol. The van der Waals surface area contributed by atoms with Crippen LogP contribution in [-0.2, 0) is 0 Å². The van der Waals surface area contributed by atoms with Gasteiger partial charge in [0.15, 0.2) is 11.5 Å². The van der Waals surface area contributed by atoms with Crippen molar-refractivity contribution in [1.29, 1.82) is 0 Å². The summed E-state index contributed by atoms with van der Waals surface area (Å²) in [6.07, 6.45) is -0.209. The summed E-state index contributed by atoms with van der Waals surface area (Å²) in [4.78, 5) is 12.8. The molecule has 0 spiro atoms. The Bertz CT molecular complexity index is 1020. The van der Waals surface area contributed by atoms with Gasteiger partial charge in [0.2, 0.25) is 0 Å². The van der Waals surface area contributed by atoms with E-state index in [9.17, 15) is 4.79 Å². The average molecular weight is 376 g/mol. The molecule has 1 atom stereocenters. The van der Waals surface area contributed by atoms with Crippen molar-refractivity contribution >= 4 is 5.91 Å². The van der Waals surface area contributed by atoms with Crippen LogP contribution in [0.15, 0.2) is 54.6 Å². The fourth-order valence-corrected chi connectivity index (χ4v) is 3.62. The quantitative estimate of drug-likeness (QED) is 0.750. The van der Waals surface area contributed by atoms with Crippen LogP contribution in [0.5, 0.6) is 11.5 Å². The van der Waals surface area contributed by atoms with Crippen LogP contribution in [0.1, 0.15) is 27.3 Å². The van der Waals surface area contributed by atoms with Crippen molar-refractivity contribution in [2.75, 3.05) is 13.2 Å². The highest BCUT2D eigenvalue weighted by molar-refractivity contribution is 5.96. The third-order valence-corrected chi connectivity index (χ3v) is 4.99. The molecule has 2 heterocycles. The number of hydrogen-bond donors (Lipinski definition) is 1. The first-order chi connectivity index (χ1) is 13.5. The second kappa shape index (κ2) is 7.43. The SMILES string of the molecule is Cc1cccc(-n2c(C)cc(C(=O)NC[C@@H]3COc4ccccc4O3)c2C)c1. The molecule has 1 aromatic heterocycles. The van der Waals surface area contributed by atoms with Crippen LogP contribution in [0.3, 0.4) is 0 Å². The van der Waals surface area contributed by atoms with E-state index in [-0.39, 0.29) is 12.0 Å². The summed E-state index contributed by atoms with van der Waals surface area (Å²) in [7, 11) is 0. The number of ether oxygens (including phenoxy) is 2. The number of nitrogens with one attached hydrogen (secondary N) is 1. The summed E-state index contributed by atoms with van der Waals surface area (Å²) in [5, 5.41) is 2.99. The van der Waals surface area contributed by atoms with Gasteiger partial charge in [0.25, 0.3) is 5.91 Å². The van der Waals surface area contributed by atoms with E-state index >= 15 is 0 Å². The van der Waals surface area contributed by atoms with Crippen LogP contribution in [0, 0.1) is 20.8 Å². The first kappa shape index (κ1) is 18.2. The van der Waals surface area contributed by atoms with Gasteiger partial charge < -0.3 is 19.4 Å². The lowest BCUT2D eigenvalue weighted by Crippen LogP contribution is -2.40. The van der Waals surface area contributed by atoms with Gasteiger partial charge in [-0.25, -0.2) is 0 Å². The number of benzene rings is 2. The molecule has 1 aliphatic rings. The normalized spacial score (nSPS) is 15.3. The van der Waals surface area contributed by atoms with E-state index in [2.05, 4.69) is 35.0 Å². The lowest BCUT2D eigenvalue weighted by Gasteiger charge is -2.26. The predicted molar refractivity (Wildman–Crippen MR) is 109 cm³/mol. The standard InChI is InChI=1S/C23H24N2O3/c1-15-7-6-8-18(11-15)25-16(2)12-20(17(25)3)23(26)24-13-19-14-27-21-9-4-5-10-22(21)28-19/h4-12,19H,13-14H2,1-3H3,(H,24,26)/t19-/m1/s1. The summed E-state index contributed by atoms with van der Waals surface area (Å²) in [5.74, 6) is 1.35. The van der Waals surface area contributed by atoms with Crippen molar-refractivity contribution in [3.8, 4) is 17.2 Å². The van der Waals surface area contributed by atoms with Gasteiger partial charge in [-0.05, 0) is 56.7 Å². The minimum atomic E-state index is -0.209. The molecule has 2 aromatic carbocycles. The summed E-state index contributed by atoms with van der Waals surface area (Å²) in [6.45, 7) is 6.86. The van der Waals surface area contributed by atoms with Crippen LogP contribution in [0.2, 0.25) is 0 Å². The van der Waals surface area contributed by atoms with Crippen LogP contribution in [-0.4, -0.2) is 29.7 Å². The van der Waals surface area contributed by atoms with Crippen molar-refractivity contribution in [3.63, 3.8) is 0 Å². The maximum Gasteiger partial charge on any atom is 0.253 e.